The number of benzene rings is 3. The molecule has 0 saturated heterocycles. The molecule has 3 aromatic carbocycles. The van der Waals surface area contributed by atoms with E-state index in [9.17, 15) is 9.59 Å². The largest absolute Gasteiger partial charge is 0.456 e. The number of rotatable bonds is 6. The number of carbonyl (C=O) groups excluding carboxylic acids is 2. The van der Waals surface area contributed by atoms with Crippen molar-refractivity contribution in [1.82, 2.24) is 9.47 Å². The second-order valence-corrected chi connectivity index (χ2v) is 8.43. The minimum atomic E-state index is -0.367. The van der Waals surface area contributed by atoms with E-state index in [4.69, 9.17) is 4.74 Å². The van der Waals surface area contributed by atoms with Crippen molar-refractivity contribution in [1.29, 1.82) is 0 Å². The molecule has 0 unspecified atom stereocenters. The van der Waals surface area contributed by atoms with Gasteiger partial charge in [-0.3, -0.25) is 9.28 Å². The maximum absolute atomic E-state index is 12.7. The number of carbonyl (C=O) groups is 2. The van der Waals surface area contributed by atoms with E-state index in [2.05, 4.69) is 4.98 Å². The zero-order valence-corrected chi connectivity index (χ0v) is 17.9. The molecule has 0 aliphatic rings. The summed E-state index contributed by atoms with van der Waals surface area (Å²) in [5.74, 6) is -0.386. The Kier molecular flexibility index (Phi) is 7.96. The first kappa shape index (κ1) is 25.6. The van der Waals surface area contributed by atoms with Gasteiger partial charge in [0.05, 0.1) is 32.4 Å². The molecule has 5 nitrogen and oxygen atoms in total. The Morgan fingerprint density at radius 2 is 1.48 bits per heavy atom. The maximum Gasteiger partial charge on any atom is 0.338 e. The number of nitrogens with zero attached hydrogens (tertiary/aromatic N) is 1. The topological polar surface area (TPSA) is 59.2 Å². The molecule has 0 spiro atoms. The maximum atomic E-state index is 12.7. The van der Waals surface area contributed by atoms with Crippen molar-refractivity contribution < 1.29 is 14.3 Å². The average Bonchev–Trinajstić information content (AvgIpc) is 3.19. The van der Waals surface area contributed by atoms with Gasteiger partial charge < -0.3 is 9.72 Å². The standard InChI is InChI=1S/C26H24N2O3.2CH4/c1-28(2,3)23-11-7-10-20(16-23)26(30)31-17-22-15-21-14-19(12-13-24(21)27-22)25(29)18-8-5-4-6-9-18;;/h4-16H,17H2,1-3H3;2*1H4/p+1. The Bertz CT molecular complexity index is 1250. The molecule has 172 valence electrons. The molecule has 1 aromatic heterocycles. The van der Waals surface area contributed by atoms with Crippen LogP contribution in [0.4, 0.5) is 5.69 Å². The van der Waals surface area contributed by atoms with E-state index in [1.807, 2.05) is 87.9 Å². The number of hydrogen-bond donors (Lipinski definition) is 1. The minimum Gasteiger partial charge on any atom is -0.456 e. The van der Waals surface area contributed by atoms with Crippen LogP contribution in [0, 0.1) is 0 Å². The molecule has 0 saturated carbocycles. The summed E-state index contributed by atoms with van der Waals surface area (Å²) in [6.45, 7) is 0.129. The fourth-order valence-electron chi connectivity index (χ4n) is 3.44. The molecule has 0 aliphatic heterocycles. The van der Waals surface area contributed by atoms with Crippen LogP contribution < -0.4 is 4.48 Å². The number of hydrogen-bond acceptors (Lipinski definition) is 3. The van der Waals surface area contributed by atoms with E-state index in [-0.39, 0.29) is 33.2 Å². The lowest BCUT2D eigenvalue weighted by atomic mass is 10.0. The third-order valence-corrected chi connectivity index (χ3v) is 5.19. The predicted molar refractivity (Wildman–Crippen MR) is 137 cm³/mol. The van der Waals surface area contributed by atoms with Gasteiger partial charge >= 0.3 is 5.97 Å². The van der Waals surface area contributed by atoms with Crippen LogP contribution in [0.2, 0.25) is 0 Å². The lowest BCUT2D eigenvalue weighted by Crippen LogP contribution is -2.34. The summed E-state index contributed by atoms with van der Waals surface area (Å²) in [7, 11) is 6.14. The monoisotopic (exact) mass is 445 g/mol. The Hall–Kier alpha value is -3.70. The van der Waals surface area contributed by atoms with Crippen molar-refractivity contribution >= 4 is 28.3 Å². The third kappa shape index (κ3) is 5.76. The lowest BCUT2D eigenvalue weighted by Gasteiger charge is -2.23. The van der Waals surface area contributed by atoms with Crippen molar-refractivity contribution in [2.24, 2.45) is 0 Å². The zero-order valence-electron chi connectivity index (χ0n) is 17.9. The van der Waals surface area contributed by atoms with Gasteiger partial charge in [-0.05, 0) is 36.4 Å². The van der Waals surface area contributed by atoms with Gasteiger partial charge in [-0.25, -0.2) is 4.79 Å². The Balaban J connectivity index is 0.00000193. The molecule has 1 heterocycles. The van der Waals surface area contributed by atoms with E-state index in [0.29, 0.717) is 21.2 Å². The fraction of sp³-hybridized carbons (Fsp3) is 0.214. The van der Waals surface area contributed by atoms with Gasteiger partial charge in [-0.15, -0.1) is 0 Å². The molecule has 0 fully saturated rings. The van der Waals surface area contributed by atoms with Crippen LogP contribution in [0.1, 0.15) is 46.8 Å². The van der Waals surface area contributed by atoms with Gasteiger partial charge in [0.1, 0.15) is 12.3 Å². The van der Waals surface area contributed by atoms with Crippen LogP contribution in [-0.4, -0.2) is 37.9 Å². The normalized spacial score (nSPS) is 10.8. The predicted octanol–water partition coefficient (Wildman–Crippen LogP) is 6.22. The molecule has 4 aromatic rings. The Morgan fingerprint density at radius 1 is 0.788 bits per heavy atom. The molecule has 5 heteroatoms. The first-order chi connectivity index (χ1) is 14.8. The highest BCUT2D eigenvalue weighted by molar-refractivity contribution is 6.10. The molecule has 0 bridgehead atoms. The molecule has 1 N–H and O–H groups in total. The summed E-state index contributed by atoms with van der Waals surface area (Å²) in [6.07, 6.45) is 0. The van der Waals surface area contributed by atoms with E-state index in [1.54, 1.807) is 12.1 Å². The number of aromatic amines is 1. The molecular weight excluding hydrogens is 412 g/mol. The second-order valence-electron chi connectivity index (χ2n) is 8.43. The number of ketones is 1. The van der Waals surface area contributed by atoms with Crippen LogP contribution in [-0.2, 0) is 11.3 Å². The average molecular weight is 446 g/mol. The van der Waals surface area contributed by atoms with E-state index in [1.165, 1.54) is 0 Å². The first-order valence-corrected chi connectivity index (χ1v) is 10.1. The van der Waals surface area contributed by atoms with Gasteiger partial charge in [-0.1, -0.05) is 51.3 Å². The van der Waals surface area contributed by atoms with Crippen molar-refractivity contribution in [2.75, 3.05) is 21.1 Å². The van der Waals surface area contributed by atoms with Crippen LogP contribution in [0.3, 0.4) is 0 Å². The van der Waals surface area contributed by atoms with Crippen LogP contribution in [0.25, 0.3) is 10.9 Å². The lowest BCUT2D eigenvalue weighted by molar-refractivity contribution is 0.0468. The number of fused-ring (bicyclic) bond motifs is 1. The van der Waals surface area contributed by atoms with Gasteiger partial charge in [-0.2, -0.15) is 0 Å². The van der Waals surface area contributed by atoms with Crippen LogP contribution in [0.15, 0.2) is 78.9 Å². The van der Waals surface area contributed by atoms with E-state index >= 15 is 0 Å². The van der Waals surface area contributed by atoms with Crippen LogP contribution >= 0.6 is 0 Å². The van der Waals surface area contributed by atoms with E-state index in [0.717, 1.165) is 22.3 Å². The van der Waals surface area contributed by atoms with Crippen LogP contribution in [0.5, 0.6) is 0 Å². The quantitative estimate of drug-likeness (QED) is 0.218. The molecule has 0 aliphatic carbocycles. The minimum absolute atomic E-state index is 0. The summed E-state index contributed by atoms with van der Waals surface area (Å²) in [6, 6.07) is 24.1. The van der Waals surface area contributed by atoms with Crippen molar-refractivity contribution in [2.45, 2.75) is 21.5 Å². The summed E-state index contributed by atoms with van der Waals surface area (Å²) in [5, 5.41) is 0.903. The smallest absolute Gasteiger partial charge is 0.338 e. The molecule has 4 rings (SSSR count). The van der Waals surface area contributed by atoms with Crippen molar-refractivity contribution in [3.8, 4) is 0 Å². The van der Waals surface area contributed by atoms with Crippen molar-refractivity contribution in [3.63, 3.8) is 0 Å². The fourth-order valence-corrected chi connectivity index (χ4v) is 3.44. The molecule has 0 amide bonds. The number of aromatic nitrogens is 1. The van der Waals surface area contributed by atoms with Gasteiger partial charge in [0.25, 0.3) is 0 Å². The third-order valence-electron chi connectivity index (χ3n) is 5.19. The number of H-pyrrole nitrogens is 1. The van der Waals surface area contributed by atoms with Gasteiger partial charge in [0, 0.05) is 28.1 Å². The van der Waals surface area contributed by atoms with Crippen molar-refractivity contribution in [3.05, 3.63) is 101 Å². The SMILES string of the molecule is C.C.C[N+](C)(C)c1cccc(C(=O)OCc2cc3cc(C(=O)c4ccccc4)ccc3[nH]2)c1. The molecular formula is C28H33N2O3+. The number of quaternary nitrogens is 1. The van der Waals surface area contributed by atoms with E-state index < -0.39 is 0 Å². The van der Waals surface area contributed by atoms with Gasteiger partial charge in [0.15, 0.2) is 5.78 Å². The summed E-state index contributed by atoms with van der Waals surface area (Å²) in [4.78, 5) is 28.5. The van der Waals surface area contributed by atoms with Gasteiger partial charge in [0.2, 0.25) is 0 Å². The summed E-state index contributed by atoms with van der Waals surface area (Å²) >= 11 is 0. The molecule has 33 heavy (non-hydrogen) atoms. The second kappa shape index (κ2) is 10.3. The highest BCUT2D eigenvalue weighted by Gasteiger charge is 2.16. The Morgan fingerprint density at radius 3 is 2.18 bits per heavy atom. The summed E-state index contributed by atoms with van der Waals surface area (Å²) < 4.78 is 6.13. The number of ether oxygens (including phenoxy) is 1. The molecule has 0 radical (unpaired) electrons. The Labute approximate surface area is 196 Å². The zero-order chi connectivity index (χ0) is 22.0. The first-order valence-electron chi connectivity index (χ1n) is 10.1. The number of nitrogens with one attached hydrogen (secondary N) is 1. The highest BCUT2D eigenvalue weighted by Crippen LogP contribution is 2.22. The molecule has 0 atom stereocenters. The highest BCUT2D eigenvalue weighted by atomic mass is 16.5. The number of esters is 1. The summed E-state index contributed by atoms with van der Waals surface area (Å²) in [5.41, 5.74) is 4.49.